The summed E-state index contributed by atoms with van der Waals surface area (Å²) in [6, 6.07) is 10.6. The highest BCUT2D eigenvalue weighted by Gasteiger charge is 2.18. The van der Waals surface area contributed by atoms with Gasteiger partial charge in [-0.3, -0.25) is 9.52 Å². The topological polar surface area (TPSA) is 93.7 Å². The molecule has 3 rings (SSSR count). The van der Waals surface area contributed by atoms with Crippen LogP contribution in [0.15, 0.2) is 47.4 Å². The van der Waals surface area contributed by atoms with Gasteiger partial charge >= 0.3 is 0 Å². The quantitative estimate of drug-likeness (QED) is 0.676. The van der Waals surface area contributed by atoms with E-state index in [0.29, 0.717) is 29.3 Å². The molecule has 0 spiro atoms. The van der Waals surface area contributed by atoms with Crippen LogP contribution in [-0.2, 0) is 10.0 Å². The molecule has 1 amide bonds. The van der Waals surface area contributed by atoms with Gasteiger partial charge in [-0.1, -0.05) is 19.8 Å². The van der Waals surface area contributed by atoms with Gasteiger partial charge in [-0.15, -0.1) is 0 Å². The lowest BCUT2D eigenvalue weighted by Crippen LogP contribution is -2.24. The van der Waals surface area contributed by atoms with E-state index in [1.807, 2.05) is 0 Å². The number of carbonyl (C=O) groups is 1. The lowest BCUT2D eigenvalue weighted by atomic mass is 10.2. The number of carbonyl (C=O) groups excluding carboxylic acids is 1. The Hall–Kier alpha value is -2.74. The molecule has 1 aliphatic rings. The summed E-state index contributed by atoms with van der Waals surface area (Å²) in [6.45, 7) is 2.82. The van der Waals surface area contributed by atoms with Crippen LogP contribution in [0.1, 0.15) is 36.5 Å². The minimum absolute atomic E-state index is 0.0719. The van der Waals surface area contributed by atoms with Crippen LogP contribution in [0.4, 0.5) is 5.69 Å². The Balaban J connectivity index is 1.65. The lowest BCUT2D eigenvalue weighted by molar-refractivity contribution is 0.0953. The number of hydrogen-bond donors (Lipinski definition) is 2. The maximum Gasteiger partial charge on any atom is 0.261 e. The molecule has 8 heteroatoms. The highest BCUT2D eigenvalue weighted by molar-refractivity contribution is 7.92. The van der Waals surface area contributed by atoms with Crippen molar-refractivity contribution in [2.24, 2.45) is 0 Å². The minimum atomic E-state index is -3.78. The van der Waals surface area contributed by atoms with Gasteiger partial charge in [0.15, 0.2) is 11.5 Å². The summed E-state index contributed by atoms with van der Waals surface area (Å²) < 4.78 is 38.0. The number of sulfonamides is 1. The molecule has 2 aromatic carbocycles. The van der Waals surface area contributed by atoms with Crippen molar-refractivity contribution in [2.75, 3.05) is 18.1 Å². The van der Waals surface area contributed by atoms with E-state index in [9.17, 15) is 13.2 Å². The van der Waals surface area contributed by atoms with Gasteiger partial charge < -0.3 is 14.8 Å². The van der Waals surface area contributed by atoms with Gasteiger partial charge in [0, 0.05) is 18.2 Å². The molecule has 2 aromatic rings. The molecular weight excluding hydrogens is 368 g/mol. The van der Waals surface area contributed by atoms with E-state index in [0.717, 1.165) is 19.3 Å². The Morgan fingerprint density at radius 2 is 1.78 bits per heavy atom. The Morgan fingerprint density at radius 3 is 2.52 bits per heavy atom. The standard InChI is InChI=1S/C19H22N2O5S/c1-2-3-4-11-20-19(22)14-5-8-16(9-6-14)27(23,24)21-15-7-10-17-18(12-15)26-13-25-17/h5-10,12,21H,2-4,11,13H2,1H3,(H,20,22). The monoisotopic (exact) mass is 390 g/mol. The molecule has 2 N–H and O–H groups in total. The molecule has 0 radical (unpaired) electrons. The number of rotatable bonds is 8. The van der Waals surface area contributed by atoms with E-state index in [-0.39, 0.29) is 17.6 Å². The summed E-state index contributed by atoms with van der Waals surface area (Å²) in [7, 11) is -3.78. The zero-order valence-corrected chi connectivity index (χ0v) is 15.8. The minimum Gasteiger partial charge on any atom is -0.454 e. The van der Waals surface area contributed by atoms with Gasteiger partial charge in [0.25, 0.3) is 15.9 Å². The molecule has 7 nitrogen and oxygen atoms in total. The number of benzene rings is 2. The van der Waals surface area contributed by atoms with Gasteiger partial charge in [0.2, 0.25) is 6.79 Å². The van der Waals surface area contributed by atoms with E-state index in [1.165, 1.54) is 24.3 Å². The van der Waals surface area contributed by atoms with E-state index >= 15 is 0 Å². The fourth-order valence-corrected chi connectivity index (χ4v) is 3.69. The molecule has 1 heterocycles. The molecule has 0 saturated carbocycles. The summed E-state index contributed by atoms with van der Waals surface area (Å²) in [5.41, 5.74) is 0.797. The fourth-order valence-electron chi connectivity index (χ4n) is 2.64. The summed E-state index contributed by atoms with van der Waals surface area (Å²) in [6.07, 6.45) is 3.07. The third-order valence-corrected chi connectivity index (χ3v) is 5.51. The molecule has 0 saturated heterocycles. The highest BCUT2D eigenvalue weighted by Crippen LogP contribution is 2.34. The van der Waals surface area contributed by atoms with Gasteiger partial charge in [-0.05, 0) is 42.8 Å². The first kappa shape index (κ1) is 19.0. The maximum atomic E-state index is 12.5. The van der Waals surface area contributed by atoms with Crippen LogP contribution < -0.4 is 19.5 Å². The van der Waals surface area contributed by atoms with Crippen molar-refractivity contribution in [3.8, 4) is 11.5 Å². The number of amides is 1. The van der Waals surface area contributed by atoms with Gasteiger partial charge in [-0.25, -0.2) is 8.42 Å². The number of fused-ring (bicyclic) bond motifs is 1. The number of hydrogen-bond acceptors (Lipinski definition) is 5. The van der Waals surface area contributed by atoms with Crippen LogP contribution in [0, 0.1) is 0 Å². The zero-order chi connectivity index (χ0) is 19.3. The highest BCUT2D eigenvalue weighted by atomic mass is 32.2. The molecular formula is C19H22N2O5S. The summed E-state index contributed by atoms with van der Waals surface area (Å²) in [5, 5.41) is 2.83. The number of anilines is 1. The number of nitrogens with one attached hydrogen (secondary N) is 2. The van der Waals surface area contributed by atoms with E-state index < -0.39 is 10.0 Å². The van der Waals surface area contributed by atoms with Gasteiger partial charge in [0.1, 0.15) is 0 Å². The van der Waals surface area contributed by atoms with E-state index in [4.69, 9.17) is 9.47 Å². The molecule has 0 unspecified atom stereocenters. The molecule has 0 bridgehead atoms. The maximum absolute atomic E-state index is 12.5. The van der Waals surface area contributed by atoms with Crippen LogP contribution in [0.25, 0.3) is 0 Å². The molecule has 0 atom stereocenters. The first-order chi connectivity index (χ1) is 13.0. The molecule has 0 aliphatic carbocycles. The van der Waals surface area contributed by atoms with Gasteiger partial charge in [0.05, 0.1) is 10.6 Å². The van der Waals surface area contributed by atoms with Crippen LogP contribution in [0.2, 0.25) is 0 Å². The second-order valence-corrected chi connectivity index (χ2v) is 7.84. The Morgan fingerprint density at radius 1 is 1.04 bits per heavy atom. The van der Waals surface area contributed by atoms with E-state index in [1.54, 1.807) is 18.2 Å². The van der Waals surface area contributed by atoms with Crippen molar-refractivity contribution in [3.63, 3.8) is 0 Å². The van der Waals surface area contributed by atoms with Crippen LogP contribution in [0.5, 0.6) is 11.5 Å². The first-order valence-electron chi connectivity index (χ1n) is 8.80. The normalized spacial score (nSPS) is 12.6. The SMILES string of the molecule is CCCCCNC(=O)c1ccc(S(=O)(=O)Nc2ccc3c(c2)OCO3)cc1. The number of ether oxygens (including phenoxy) is 2. The summed E-state index contributed by atoms with van der Waals surface area (Å²) >= 11 is 0. The fraction of sp³-hybridized carbons (Fsp3) is 0.316. The van der Waals surface area contributed by atoms with E-state index in [2.05, 4.69) is 17.0 Å². The largest absolute Gasteiger partial charge is 0.454 e. The van der Waals surface area contributed by atoms with Crippen molar-refractivity contribution in [3.05, 3.63) is 48.0 Å². The Bertz CT molecular complexity index is 910. The summed E-state index contributed by atoms with van der Waals surface area (Å²) in [4.78, 5) is 12.1. The lowest BCUT2D eigenvalue weighted by Gasteiger charge is -2.10. The predicted octanol–water partition coefficient (Wildman–Crippen LogP) is 3.14. The van der Waals surface area contributed by atoms with Crippen molar-refractivity contribution < 1.29 is 22.7 Å². The smallest absolute Gasteiger partial charge is 0.261 e. The van der Waals surface area contributed by atoms with Crippen LogP contribution in [0.3, 0.4) is 0 Å². The Kier molecular flexibility index (Phi) is 5.85. The number of unbranched alkanes of at least 4 members (excludes halogenated alkanes) is 2. The molecule has 0 fully saturated rings. The third-order valence-electron chi connectivity index (χ3n) is 4.12. The Labute approximate surface area is 158 Å². The third kappa shape index (κ3) is 4.71. The predicted molar refractivity (Wildman–Crippen MR) is 102 cm³/mol. The average Bonchev–Trinajstić information content (AvgIpc) is 3.12. The van der Waals surface area contributed by atoms with Crippen molar-refractivity contribution in [2.45, 2.75) is 31.1 Å². The van der Waals surface area contributed by atoms with Crippen LogP contribution in [-0.4, -0.2) is 27.7 Å². The molecule has 27 heavy (non-hydrogen) atoms. The van der Waals surface area contributed by atoms with Gasteiger partial charge in [-0.2, -0.15) is 0 Å². The van der Waals surface area contributed by atoms with Crippen molar-refractivity contribution >= 4 is 21.6 Å². The molecule has 0 aromatic heterocycles. The first-order valence-corrected chi connectivity index (χ1v) is 10.3. The van der Waals surface area contributed by atoms with Crippen LogP contribution >= 0.6 is 0 Å². The zero-order valence-electron chi connectivity index (χ0n) is 15.0. The summed E-state index contributed by atoms with van der Waals surface area (Å²) in [5.74, 6) is 0.858. The second-order valence-electron chi connectivity index (χ2n) is 6.16. The average molecular weight is 390 g/mol. The van der Waals surface area contributed by atoms with Crippen molar-refractivity contribution in [1.82, 2.24) is 5.32 Å². The van der Waals surface area contributed by atoms with Crippen molar-refractivity contribution in [1.29, 1.82) is 0 Å². The molecule has 1 aliphatic heterocycles. The molecule has 144 valence electrons. The second kappa shape index (κ2) is 8.30.